The van der Waals surface area contributed by atoms with Crippen molar-refractivity contribution >= 4 is 17.6 Å². The van der Waals surface area contributed by atoms with Gasteiger partial charge in [0.15, 0.2) is 0 Å². The van der Waals surface area contributed by atoms with Gasteiger partial charge in [-0.05, 0) is 43.0 Å². The molecule has 1 unspecified atom stereocenters. The summed E-state index contributed by atoms with van der Waals surface area (Å²) < 4.78 is 4.67. The summed E-state index contributed by atoms with van der Waals surface area (Å²) in [5, 5.41) is 2.88. The van der Waals surface area contributed by atoms with Crippen molar-refractivity contribution in [2.24, 2.45) is 17.6 Å². The molecule has 0 saturated carbocycles. The minimum atomic E-state index is -0.393. The van der Waals surface area contributed by atoms with Gasteiger partial charge in [-0.25, -0.2) is 4.79 Å². The number of rotatable bonds is 6. The number of methoxy groups -OCH3 is 1. The molecule has 1 atom stereocenters. The minimum Gasteiger partial charge on any atom is -0.465 e. The van der Waals surface area contributed by atoms with E-state index >= 15 is 0 Å². The average molecular weight is 292 g/mol. The maximum atomic E-state index is 12.2. The summed E-state index contributed by atoms with van der Waals surface area (Å²) >= 11 is 0. The molecule has 1 amide bonds. The summed E-state index contributed by atoms with van der Waals surface area (Å²) in [6.45, 7) is 6.28. The van der Waals surface area contributed by atoms with Crippen LogP contribution in [0.2, 0.25) is 0 Å². The third-order valence-electron chi connectivity index (χ3n) is 3.32. The van der Waals surface area contributed by atoms with E-state index in [1.165, 1.54) is 7.11 Å². The van der Waals surface area contributed by atoms with Crippen LogP contribution in [0.1, 0.15) is 36.2 Å². The van der Waals surface area contributed by atoms with E-state index in [0.29, 0.717) is 23.7 Å². The Bertz CT molecular complexity index is 512. The lowest BCUT2D eigenvalue weighted by Gasteiger charge is -2.18. The number of carbonyl (C=O) groups is 2. The quantitative estimate of drug-likeness (QED) is 0.788. The van der Waals surface area contributed by atoms with Gasteiger partial charge in [-0.2, -0.15) is 0 Å². The first-order valence-corrected chi connectivity index (χ1v) is 7.09. The molecule has 0 bridgehead atoms. The topological polar surface area (TPSA) is 81.4 Å². The number of hydrogen-bond acceptors (Lipinski definition) is 4. The van der Waals surface area contributed by atoms with Crippen LogP contribution in [0.15, 0.2) is 18.2 Å². The van der Waals surface area contributed by atoms with Crippen LogP contribution >= 0.6 is 0 Å². The van der Waals surface area contributed by atoms with Crippen molar-refractivity contribution in [3.8, 4) is 0 Å². The van der Waals surface area contributed by atoms with Crippen molar-refractivity contribution in [1.82, 2.24) is 0 Å². The van der Waals surface area contributed by atoms with Crippen molar-refractivity contribution in [2.75, 3.05) is 19.0 Å². The maximum Gasteiger partial charge on any atom is 0.337 e. The second-order valence-corrected chi connectivity index (χ2v) is 5.57. The van der Waals surface area contributed by atoms with Crippen LogP contribution in [-0.2, 0) is 9.53 Å². The first kappa shape index (κ1) is 17.2. The summed E-state index contributed by atoms with van der Waals surface area (Å²) in [6, 6.07) is 5.04. The van der Waals surface area contributed by atoms with E-state index in [0.717, 1.165) is 12.0 Å². The fourth-order valence-corrected chi connectivity index (χ4v) is 2.16. The number of ether oxygens (including phenoxy) is 1. The second kappa shape index (κ2) is 7.78. The molecule has 0 aliphatic heterocycles. The van der Waals surface area contributed by atoms with Gasteiger partial charge in [-0.15, -0.1) is 0 Å². The van der Waals surface area contributed by atoms with Gasteiger partial charge < -0.3 is 15.8 Å². The van der Waals surface area contributed by atoms with Gasteiger partial charge in [-0.1, -0.05) is 13.8 Å². The van der Waals surface area contributed by atoms with Gasteiger partial charge in [0, 0.05) is 12.2 Å². The highest BCUT2D eigenvalue weighted by atomic mass is 16.5. The van der Waals surface area contributed by atoms with Crippen LogP contribution in [0.3, 0.4) is 0 Å². The molecule has 0 aliphatic carbocycles. The minimum absolute atomic E-state index is 0.0832. The predicted octanol–water partition coefficient (Wildman–Crippen LogP) is 2.34. The standard InChI is InChI=1S/C16H24N2O3/c1-10(2)7-13(9-17)15(19)18-14-6-5-12(8-11(14)3)16(20)21-4/h5-6,8,10,13H,7,9,17H2,1-4H3,(H,18,19). The van der Waals surface area contributed by atoms with Crippen molar-refractivity contribution in [3.05, 3.63) is 29.3 Å². The number of benzene rings is 1. The fraction of sp³-hybridized carbons (Fsp3) is 0.500. The lowest BCUT2D eigenvalue weighted by molar-refractivity contribution is -0.120. The Morgan fingerprint density at radius 2 is 2.00 bits per heavy atom. The van der Waals surface area contributed by atoms with Crippen LogP contribution in [0, 0.1) is 18.8 Å². The van der Waals surface area contributed by atoms with Crippen molar-refractivity contribution < 1.29 is 14.3 Å². The number of nitrogens with two attached hydrogens (primary N) is 1. The lowest BCUT2D eigenvalue weighted by Crippen LogP contribution is -2.30. The Morgan fingerprint density at radius 3 is 2.48 bits per heavy atom. The molecule has 5 nitrogen and oxygen atoms in total. The Labute approximate surface area is 125 Å². The third kappa shape index (κ3) is 4.86. The van der Waals surface area contributed by atoms with Crippen molar-refractivity contribution in [1.29, 1.82) is 0 Å². The van der Waals surface area contributed by atoms with Gasteiger partial charge in [0.25, 0.3) is 0 Å². The third-order valence-corrected chi connectivity index (χ3v) is 3.32. The summed E-state index contributed by atoms with van der Waals surface area (Å²) in [6.07, 6.45) is 0.752. The molecule has 3 N–H and O–H groups in total. The van der Waals surface area contributed by atoms with E-state index in [4.69, 9.17) is 5.73 Å². The van der Waals surface area contributed by atoms with Gasteiger partial charge in [0.05, 0.1) is 18.6 Å². The van der Waals surface area contributed by atoms with E-state index in [2.05, 4.69) is 23.9 Å². The molecule has 0 aromatic heterocycles. The molecule has 0 spiro atoms. The highest BCUT2D eigenvalue weighted by Gasteiger charge is 2.19. The van der Waals surface area contributed by atoms with Gasteiger partial charge in [0.1, 0.15) is 0 Å². The van der Waals surface area contributed by atoms with Crippen LogP contribution in [-0.4, -0.2) is 25.5 Å². The maximum absolute atomic E-state index is 12.2. The number of carbonyl (C=O) groups excluding carboxylic acids is 2. The van der Waals surface area contributed by atoms with E-state index in [-0.39, 0.29) is 11.8 Å². The number of esters is 1. The predicted molar refractivity (Wildman–Crippen MR) is 83.1 cm³/mol. The zero-order valence-electron chi connectivity index (χ0n) is 13.1. The highest BCUT2D eigenvalue weighted by Crippen LogP contribution is 2.19. The Balaban J connectivity index is 2.83. The van der Waals surface area contributed by atoms with Crippen molar-refractivity contribution in [2.45, 2.75) is 27.2 Å². The first-order chi connectivity index (χ1) is 9.88. The van der Waals surface area contributed by atoms with E-state index in [9.17, 15) is 9.59 Å². The lowest BCUT2D eigenvalue weighted by atomic mass is 9.96. The fourth-order valence-electron chi connectivity index (χ4n) is 2.16. The second-order valence-electron chi connectivity index (χ2n) is 5.57. The number of amides is 1. The first-order valence-electron chi connectivity index (χ1n) is 7.09. The molecule has 0 saturated heterocycles. The molecule has 1 aromatic rings. The summed E-state index contributed by atoms with van der Waals surface area (Å²) in [5.41, 5.74) is 7.64. The van der Waals surface area contributed by atoms with Gasteiger partial charge >= 0.3 is 5.97 Å². The SMILES string of the molecule is COC(=O)c1ccc(NC(=O)C(CN)CC(C)C)c(C)c1. The molecule has 116 valence electrons. The highest BCUT2D eigenvalue weighted by molar-refractivity contribution is 5.95. The molecule has 0 fully saturated rings. The van der Waals surface area contributed by atoms with Gasteiger partial charge in [0.2, 0.25) is 5.91 Å². The zero-order chi connectivity index (χ0) is 16.0. The molecule has 0 aliphatic rings. The molecule has 21 heavy (non-hydrogen) atoms. The number of anilines is 1. The monoisotopic (exact) mass is 292 g/mol. The molecule has 1 rings (SSSR count). The Kier molecular flexibility index (Phi) is 6.37. The van der Waals surface area contributed by atoms with Crippen molar-refractivity contribution in [3.63, 3.8) is 0 Å². The normalized spacial score (nSPS) is 12.1. The molecular weight excluding hydrogens is 268 g/mol. The molecule has 1 aromatic carbocycles. The molecule has 5 heteroatoms. The number of aryl methyl sites for hydroxylation is 1. The van der Waals surface area contributed by atoms with Crippen LogP contribution < -0.4 is 11.1 Å². The Hall–Kier alpha value is -1.88. The van der Waals surface area contributed by atoms with E-state index < -0.39 is 5.97 Å². The zero-order valence-corrected chi connectivity index (χ0v) is 13.1. The van der Waals surface area contributed by atoms with E-state index in [1.54, 1.807) is 18.2 Å². The smallest absolute Gasteiger partial charge is 0.337 e. The van der Waals surface area contributed by atoms with Gasteiger partial charge in [-0.3, -0.25) is 4.79 Å². The van der Waals surface area contributed by atoms with E-state index in [1.807, 2.05) is 6.92 Å². The summed E-state index contributed by atoms with van der Waals surface area (Å²) in [4.78, 5) is 23.7. The molecular formula is C16H24N2O3. The molecule has 0 heterocycles. The number of hydrogen-bond donors (Lipinski definition) is 2. The average Bonchev–Trinajstić information content (AvgIpc) is 2.45. The van der Waals surface area contributed by atoms with Crippen LogP contribution in [0.5, 0.6) is 0 Å². The number of nitrogens with one attached hydrogen (secondary N) is 1. The van der Waals surface area contributed by atoms with Crippen LogP contribution in [0.25, 0.3) is 0 Å². The largest absolute Gasteiger partial charge is 0.465 e. The summed E-state index contributed by atoms with van der Waals surface area (Å²) in [7, 11) is 1.34. The molecule has 0 radical (unpaired) electrons. The Morgan fingerprint density at radius 1 is 1.33 bits per heavy atom. The van der Waals surface area contributed by atoms with Crippen LogP contribution in [0.4, 0.5) is 5.69 Å². The summed E-state index contributed by atoms with van der Waals surface area (Å²) in [5.74, 6) is -0.271.